The van der Waals surface area contributed by atoms with Gasteiger partial charge in [0.15, 0.2) is 0 Å². The molecule has 23 heavy (non-hydrogen) atoms. The van der Waals surface area contributed by atoms with Crippen LogP contribution in [0.25, 0.3) is 0 Å². The Kier molecular flexibility index (Phi) is 7.99. The molecular formula is C17H31N3O2S. The number of ether oxygens (including phenoxy) is 1. The minimum absolute atomic E-state index is 0.221. The summed E-state index contributed by atoms with van der Waals surface area (Å²) in [5, 5.41) is 6.49. The second-order valence-corrected chi connectivity index (χ2v) is 7.80. The summed E-state index contributed by atoms with van der Waals surface area (Å²) in [6.07, 6.45) is 2.93. The number of aryl methyl sites for hydroxylation is 1. The first-order valence-electron chi connectivity index (χ1n) is 8.35. The van der Waals surface area contributed by atoms with Crippen molar-refractivity contribution in [3.05, 3.63) is 16.1 Å². The van der Waals surface area contributed by atoms with Gasteiger partial charge in [0.25, 0.3) is 0 Å². The lowest BCUT2D eigenvalue weighted by molar-refractivity contribution is 0.0521. The molecule has 2 unspecified atom stereocenters. The Morgan fingerprint density at radius 3 is 2.65 bits per heavy atom. The highest BCUT2D eigenvalue weighted by atomic mass is 32.1. The highest BCUT2D eigenvalue weighted by molar-refractivity contribution is 7.09. The molecule has 1 amide bonds. The predicted octanol–water partition coefficient (Wildman–Crippen LogP) is 4.19. The molecule has 0 radical (unpaired) electrons. The van der Waals surface area contributed by atoms with E-state index in [1.807, 2.05) is 33.2 Å². The minimum Gasteiger partial charge on any atom is -0.444 e. The molecule has 0 saturated carbocycles. The smallest absolute Gasteiger partial charge is 0.407 e. The van der Waals surface area contributed by atoms with Gasteiger partial charge in [-0.1, -0.05) is 19.8 Å². The van der Waals surface area contributed by atoms with E-state index in [2.05, 4.69) is 29.5 Å². The molecule has 0 saturated heterocycles. The van der Waals surface area contributed by atoms with Crippen molar-refractivity contribution in [3.8, 4) is 0 Å². The highest BCUT2D eigenvalue weighted by Gasteiger charge is 2.19. The van der Waals surface area contributed by atoms with Gasteiger partial charge in [-0.2, -0.15) is 0 Å². The van der Waals surface area contributed by atoms with Crippen molar-refractivity contribution in [2.45, 2.75) is 78.5 Å². The van der Waals surface area contributed by atoms with Gasteiger partial charge in [0.1, 0.15) is 5.60 Å². The maximum atomic E-state index is 11.8. The number of thiazole rings is 1. The highest BCUT2D eigenvalue weighted by Crippen LogP contribution is 2.22. The number of nitrogens with one attached hydrogen (secondary N) is 2. The zero-order chi connectivity index (χ0) is 17.5. The first-order valence-corrected chi connectivity index (χ1v) is 9.23. The molecule has 132 valence electrons. The van der Waals surface area contributed by atoms with E-state index >= 15 is 0 Å². The Morgan fingerprint density at radius 1 is 1.43 bits per heavy atom. The molecule has 0 aliphatic carbocycles. The van der Waals surface area contributed by atoms with Crippen LogP contribution in [-0.4, -0.2) is 29.3 Å². The molecule has 0 fully saturated rings. The molecule has 1 aromatic rings. The fraction of sp³-hybridized carbons (Fsp3) is 0.765. The molecule has 0 aliphatic heterocycles. The molecule has 6 heteroatoms. The van der Waals surface area contributed by atoms with Crippen LogP contribution in [0.5, 0.6) is 0 Å². The number of carbonyl (C=O) groups is 1. The lowest BCUT2D eigenvalue weighted by Gasteiger charge is -2.25. The summed E-state index contributed by atoms with van der Waals surface area (Å²) in [6.45, 7) is 12.5. The molecule has 2 N–H and O–H groups in total. The predicted molar refractivity (Wildman–Crippen MR) is 96.0 cm³/mol. The third-order valence-corrected chi connectivity index (χ3v) is 4.57. The molecule has 0 aliphatic rings. The van der Waals surface area contributed by atoms with Crippen LogP contribution in [0.1, 0.15) is 70.5 Å². The Bertz CT molecular complexity index is 482. The van der Waals surface area contributed by atoms with E-state index in [0.717, 1.165) is 25.0 Å². The second kappa shape index (κ2) is 9.23. The number of aromatic nitrogens is 1. The maximum Gasteiger partial charge on any atom is 0.407 e. The maximum absolute atomic E-state index is 11.8. The Balaban J connectivity index is 2.55. The molecule has 1 aromatic heterocycles. The zero-order valence-corrected chi connectivity index (χ0v) is 16.0. The van der Waals surface area contributed by atoms with Crippen LogP contribution in [0.2, 0.25) is 0 Å². The molecule has 0 aromatic carbocycles. The monoisotopic (exact) mass is 341 g/mol. The summed E-state index contributed by atoms with van der Waals surface area (Å²) in [5.41, 5.74) is 2.48. The van der Waals surface area contributed by atoms with Crippen LogP contribution in [0.15, 0.2) is 5.51 Å². The van der Waals surface area contributed by atoms with E-state index in [1.54, 1.807) is 11.3 Å². The first kappa shape index (κ1) is 19.9. The van der Waals surface area contributed by atoms with Crippen LogP contribution >= 0.6 is 11.3 Å². The average Bonchev–Trinajstić information content (AvgIpc) is 2.86. The van der Waals surface area contributed by atoms with Crippen molar-refractivity contribution >= 4 is 17.4 Å². The molecule has 1 heterocycles. The third-order valence-electron chi connectivity index (χ3n) is 3.46. The SMILES string of the molecule is CCCCC(CNC(=O)OC(C)(C)C)NC(C)c1scnc1C. The Hall–Kier alpha value is -1.14. The molecule has 2 atom stereocenters. The van der Waals surface area contributed by atoms with Crippen molar-refractivity contribution < 1.29 is 9.53 Å². The van der Waals surface area contributed by atoms with Gasteiger partial charge in [0.2, 0.25) is 0 Å². The minimum atomic E-state index is -0.469. The van der Waals surface area contributed by atoms with Crippen molar-refractivity contribution in [1.82, 2.24) is 15.6 Å². The number of rotatable bonds is 8. The van der Waals surface area contributed by atoms with Crippen LogP contribution in [-0.2, 0) is 4.74 Å². The van der Waals surface area contributed by atoms with Gasteiger partial charge in [-0.3, -0.25) is 0 Å². The molecule has 1 rings (SSSR count). The number of carbonyl (C=O) groups excluding carboxylic acids is 1. The van der Waals surface area contributed by atoms with E-state index in [1.165, 1.54) is 4.88 Å². The van der Waals surface area contributed by atoms with Gasteiger partial charge >= 0.3 is 6.09 Å². The summed E-state index contributed by atoms with van der Waals surface area (Å²) in [4.78, 5) is 17.4. The molecule has 5 nitrogen and oxygen atoms in total. The van der Waals surface area contributed by atoms with Gasteiger partial charge in [-0.25, -0.2) is 9.78 Å². The number of amides is 1. The van der Waals surface area contributed by atoms with E-state index < -0.39 is 5.60 Å². The summed E-state index contributed by atoms with van der Waals surface area (Å²) < 4.78 is 5.30. The van der Waals surface area contributed by atoms with Gasteiger partial charge in [0.05, 0.1) is 11.2 Å². The van der Waals surface area contributed by atoms with E-state index in [9.17, 15) is 4.79 Å². The lowest BCUT2D eigenvalue weighted by atomic mass is 10.1. The van der Waals surface area contributed by atoms with Gasteiger partial charge in [0, 0.05) is 23.5 Å². The van der Waals surface area contributed by atoms with E-state index in [-0.39, 0.29) is 18.2 Å². The normalized spacial score (nSPS) is 14.3. The largest absolute Gasteiger partial charge is 0.444 e. The van der Waals surface area contributed by atoms with Crippen molar-refractivity contribution in [1.29, 1.82) is 0 Å². The number of alkyl carbamates (subject to hydrolysis) is 1. The standard InChI is InChI=1S/C17H31N3O2S/c1-7-8-9-14(10-18-16(21)22-17(4,5)6)20-13(3)15-12(2)19-11-23-15/h11,13-14,20H,7-10H2,1-6H3,(H,18,21). The van der Waals surface area contributed by atoms with Gasteiger partial charge < -0.3 is 15.4 Å². The van der Waals surface area contributed by atoms with Crippen molar-refractivity contribution in [2.24, 2.45) is 0 Å². The second-order valence-electron chi connectivity index (χ2n) is 6.91. The van der Waals surface area contributed by atoms with Crippen LogP contribution in [0, 0.1) is 6.92 Å². The van der Waals surface area contributed by atoms with Crippen molar-refractivity contribution in [3.63, 3.8) is 0 Å². The fourth-order valence-electron chi connectivity index (χ4n) is 2.37. The molecular weight excluding hydrogens is 310 g/mol. The van der Waals surface area contributed by atoms with Crippen molar-refractivity contribution in [2.75, 3.05) is 6.54 Å². The Morgan fingerprint density at radius 2 is 2.13 bits per heavy atom. The topological polar surface area (TPSA) is 63.2 Å². The quantitative estimate of drug-likeness (QED) is 0.744. The summed E-state index contributed by atoms with van der Waals surface area (Å²) in [6, 6.07) is 0.448. The van der Waals surface area contributed by atoms with Crippen LogP contribution < -0.4 is 10.6 Å². The summed E-state index contributed by atoms with van der Waals surface area (Å²) in [7, 11) is 0. The number of hydrogen-bond acceptors (Lipinski definition) is 5. The number of hydrogen-bond donors (Lipinski definition) is 2. The van der Waals surface area contributed by atoms with Crippen LogP contribution in [0.4, 0.5) is 4.79 Å². The van der Waals surface area contributed by atoms with Gasteiger partial charge in [-0.15, -0.1) is 11.3 Å². The molecule has 0 bridgehead atoms. The van der Waals surface area contributed by atoms with Crippen LogP contribution in [0.3, 0.4) is 0 Å². The third kappa shape index (κ3) is 7.79. The average molecular weight is 342 g/mol. The summed E-state index contributed by atoms with van der Waals surface area (Å²) in [5.74, 6) is 0. The van der Waals surface area contributed by atoms with E-state index in [0.29, 0.717) is 6.54 Å². The number of nitrogens with zero attached hydrogens (tertiary/aromatic N) is 1. The van der Waals surface area contributed by atoms with Gasteiger partial charge in [-0.05, 0) is 41.0 Å². The lowest BCUT2D eigenvalue weighted by Crippen LogP contribution is -2.43. The first-order chi connectivity index (χ1) is 10.7. The van der Waals surface area contributed by atoms with E-state index in [4.69, 9.17) is 4.74 Å². The summed E-state index contributed by atoms with van der Waals surface area (Å²) >= 11 is 1.67. The zero-order valence-electron chi connectivity index (χ0n) is 15.2. The Labute approximate surface area is 144 Å². The molecule has 0 spiro atoms. The number of unbranched alkanes of at least 4 members (excludes halogenated alkanes) is 1. The fourth-order valence-corrected chi connectivity index (χ4v) is 3.19.